The molecule has 0 aliphatic heterocycles. The van der Waals surface area contributed by atoms with Crippen LogP contribution in [0.3, 0.4) is 0 Å². The molecule has 0 N–H and O–H groups in total. The summed E-state index contributed by atoms with van der Waals surface area (Å²) in [6, 6.07) is 5.60. The van der Waals surface area contributed by atoms with Gasteiger partial charge in [0.15, 0.2) is 5.78 Å². The van der Waals surface area contributed by atoms with Crippen LogP contribution in [0.2, 0.25) is 0 Å². The number of carbonyl (C=O) groups is 1. The molecular weight excluding hydrogens is 271 g/mol. The predicted octanol–water partition coefficient (Wildman–Crippen LogP) is 4.13. The third-order valence-electron chi connectivity index (χ3n) is 2.15. The van der Waals surface area contributed by atoms with Gasteiger partial charge in [0, 0.05) is 10.9 Å². The Kier molecular flexibility index (Phi) is 6.01. The van der Waals surface area contributed by atoms with Crippen LogP contribution in [0, 0.1) is 5.82 Å². The number of benzene rings is 1. The molecule has 1 nitrogen and oxygen atoms in total. The molecule has 86 valence electrons. The average Bonchev–Trinajstić information content (AvgIpc) is 2.29. The van der Waals surface area contributed by atoms with Gasteiger partial charge in [-0.3, -0.25) is 4.79 Å². The van der Waals surface area contributed by atoms with Crippen molar-refractivity contribution in [2.24, 2.45) is 0 Å². The molecule has 0 atom stereocenters. The van der Waals surface area contributed by atoms with Crippen molar-refractivity contribution in [2.75, 3.05) is 5.33 Å². The Morgan fingerprint density at radius 3 is 2.56 bits per heavy atom. The molecule has 0 unspecified atom stereocenters. The van der Waals surface area contributed by atoms with Crippen LogP contribution < -0.4 is 0 Å². The maximum atomic E-state index is 12.6. The molecule has 0 bridgehead atoms. The number of rotatable bonds is 6. The van der Waals surface area contributed by atoms with Crippen LogP contribution in [0.1, 0.15) is 29.6 Å². The normalized spacial score (nSPS) is 10.9. The number of halogens is 2. The van der Waals surface area contributed by atoms with Crippen molar-refractivity contribution in [1.82, 2.24) is 0 Å². The molecule has 0 aliphatic rings. The minimum atomic E-state index is -0.321. The van der Waals surface area contributed by atoms with Gasteiger partial charge in [0.25, 0.3) is 0 Å². The van der Waals surface area contributed by atoms with Crippen LogP contribution >= 0.6 is 15.9 Å². The van der Waals surface area contributed by atoms with Gasteiger partial charge in [0.1, 0.15) is 5.82 Å². The summed E-state index contributed by atoms with van der Waals surface area (Å²) in [4.78, 5) is 11.6. The molecule has 0 saturated heterocycles. The summed E-state index contributed by atoms with van der Waals surface area (Å²) >= 11 is 3.35. The summed E-state index contributed by atoms with van der Waals surface area (Å²) in [5, 5.41) is 0.993. The number of ketones is 1. The number of alkyl halides is 1. The SMILES string of the molecule is O=C(/C=C/CCCCBr)c1ccc(F)cc1. The van der Waals surface area contributed by atoms with Crippen LogP contribution in [0.15, 0.2) is 36.4 Å². The molecule has 16 heavy (non-hydrogen) atoms. The fourth-order valence-corrected chi connectivity index (χ4v) is 1.65. The minimum absolute atomic E-state index is 0.0705. The van der Waals surface area contributed by atoms with Crippen molar-refractivity contribution >= 4 is 21.7 Å². The zero-order chi connectivity index (χ0) is 11.8. The van der Waals surface area contributed by atoms with E-state index in [1.807, 2.05) is 6.08 Å². The van der Waals surface area contributed by atoms with Gasteiger partial charge in [-0.15, -0.1) is 0 Å². The van der Waals surface area contributed by atoms with Gasteiger partial charge >= 0.3 is 0 Å². The minimum Gasteiger partial charge on any atom is -0.289 e. The first kappa shape index (κ1) is 13.1. The van der Waals surface area contributed by atoms with Crippen LogP contribution in [-0.4, -0.2) is 11.1 Å². The highest BCUT2D eigenvalue weighted by Gasteiger charge is 2.00. The second-order valence-corrected chi connectivity index (χ2v) is 4.25. The van der Waals surface area contributed by atoms with E-state index in [-0.39, 0.29) is 11.6 Å². The molecule has 0 amide bonds. The van der Waals surface area contributed by atoms with E-state index in [2.05, 4.69) is 15.9 Å². The van der Waals surface area contributed by atoms with E-state index in [1.165, 1.54) is 24.3 Å². The molecule has 0 radical (unpaired) electrons. The van der Waals surface area contributed by atoms with Gasteiger partial charge in [-0.25, -0.2) is 4.39 Å². The first-order valence-electron chi connectivity index (χ1n) is 5.26. The second-order valence-electron chi connectivity index (χ2n) is 3.46. The van der Waals surface area contributed by atoms with Crippen LogP contribution in [-0.2, 0) is 0 Å². The quantitative estimate of drug-likeness (QED) is 0.332. The van der Waals surface area contributed by atoms with E-state index in [0.717, 1.165) is 24.6 Å². The molecule has 0 aromatic heterocycles. The monoisotopic (exact) mass is 284 g/mol. The van der Waals surface area contributed by atoms with Crippen molar-refractivity contribution in [3.8, 4) is 0 Å². The average molecular weight is 285 g/mol. The Morgan fingerprint density at radius 1 is 1.25 bits per heavy atom. The first-order valence-corrected chi connectivity index (χ1v) is 6.38. The Balaban J connectivity index is 2.43. The first-order chi connectivity index (χ1) is 7.74. The Labute approximate surface area is 103 Å². The fraction of sp³-hybridized carbons (Fsp3) is 0.308. The lowest BCUT2D eigenvalue weighted by Gasteiger charge is -1.95. The summed E-state index contributed by atoms with van der Waals surface area (Å²) in [6.45, 7) is 0. The molecule has 0 aliphatic carbocycles. The largest absolute Gasteiger partial charge is 0.289 e. The maximum absolute atomic E-state index is 12.6. The third kappa shape index (κ3) is 4.71. The van der Waals surface area contributed by atoms with E-state index in [1.54, 1.807) is 6.08 Å². The molecule has 1 rings (SSSR count). The number of hydrogen-bond acceptors (Lipinski definition) is 1. The lowest BCUT2D eigenvalue weighted by atomic mass is 10.1. The van der Waals surface area contributed by atoms with Crippen LogP contribution in [0.5, 0.6) is 0 Å². The lowest BCUT2D eigenvalue weighted by Crippen LogP contribution is -1.93. The van der Waals surface area contributed by atoms with Gasteiger partial charge in [-0.2, -0.15) is 0 Å². The van der Waals surface area contributed by atoms with Gasteiger partial charge in [0.05, 0.1) is 0 Å². The summed E-state index contributed by atoms with van der Waals surface area (Å²) in [7, 11) is 0. The number of unbranched alkanes of at least 4 members (excludes halogenated alkanes) is 2. The molecule has 0 fully saturated rings. The molecule has 3 heteroatoms. The number of hydrogen-bond donors (Lipinski definition) is 0. The molecule has 0 spiro atoms. The highest BCUT2D eigenvalue weighted by molar-refractivity contribution is 9.09. The summed E-state index contributed by atoms with van der Waals surface area (Å²) in [5.41, 5.74) is 0.526. The van der Waals surface area contributed by atoms with E-state index >= 15 is 0 Å². The maximum Gasteiger partial charge on any atom is 0.185 e. The Hall–Kier alpha value is -0.960. The zero-order valence-electron chi connectivity index (χ0n) is 8.96. The van der Waals surface area contributed by atoms with Crippen LogP contribution in [0.25, 0.3) is 0 Å². The van der Waals surface area contributed by atoms with E-state index in [9.17, 15) is 9.18 Å². The fourth-order valence-electron chi connectivity index (χ4n) is 1.26. The van der Waals surface area contributed by atoms with Crippen LogP contribution in [0.4, 0.5) is 4.39 Å². The summed E-state index contributed by atoms with van der Waals surface area (Å²) in [5.74, 6) is -0.392. The Bertz CT molecular complexity index is 357. The van der Waals surface area contributed by atoms with E-state index in [0.29, 0.717) is 5.56 Å². The third-order valence-corrected chi connectivity index (χ3v) is 2.71. The zero-order valence-corrected chi connectivity index (χ0v) is 10.5. The lowest BCUT2D eigenvalue weighted by molar-refractivity contribution is 0.104. The number of carbonyl (C=O) groups excluding carboxylic acids is 1. The number of allylic oxidation sites excluding steroid dienone is 2. The summed E-state index contributed by atoms with van der Waals surface area (Å²) < 4.78 is 12.6. The highest BCUT2D eigenvalue weighted by Crippen LogP contribution is 2.05. The van der Waals surface area contributed by atoms with Crippen molar-refractivity contribution < 1.29 is 9.18 Å². The van der Waals surface area contributed by atoms with Crippen molar-refractivity contribution in [2.45, 2.75) is 19.3 Å². The standard InChI is InChI=1S/C13H14BrFO/c14-10-4-2-1-3-5-13(16)11-6-8-12(15)9-7-11/h3,5-9H,1-2,4,10H2/b5-3+. The highest BCUT2D eigenvalue weighted by atomic mass is 79.9. The smallest absolute Gasteiger partial charge is 0.185 e. The topological polar surface area (TPSA) is 17.1 Å². The van der Waals surface area contributed by atoms with E-state index in [4.69, 9.17) is 0 Å². The van der Waals surface area contributed by atoms with Gasteiger partial charge in [-0.1, -0.05) is 22.0 Å². The van der Waals surface area contributed by atoms with Gasteiger partial charge < -0.3 is 0 Å². The Morgan fingerprint density at radius 2 is 1.94 bits per heavy atom. The molecular formula is C13H14BrFO. The van der Waals surface area contributed by atoms with Gasteiger partial charge in [0.2, 0.25) is 0 Å². The van der Waals surface area contributed by atoms with Crippen molar-refractivity contribution in [3.63, 3.8) is 0 Å². The second kappa shape index (κ2) is 7.34. The van der Waals surface area contributed by atoms with Crippen molar-refractivity contribution in [1.29, 1.82) is 0 Å². The molecule has 1 aromatic rings. The molecule has 0 heterocycles. The van der Waals surface area contributed by atoms with Crippen molar-refractivity contribution in [3.05, 3.63) is 47.8 Å². The van der Waals surface area contributed by atoms with E-state index < -0.39 is 0 Å². The summed E-state index contributed by atoms with van der Waals surface area (Å²) in [6.07, 6.45) is 6.50. The molecule has 1 aromatic carbocycles. The predicted molar refractivity (Wildman–Crippen MR) is 67.5 cm³/mol. The van der Waals surface area contributed by atoms with Gasteiger partial charge in [-0.05, 0) is 49.6 Å². The molecule has 0 saturated carbocycles.